The molecule has 1 aromatic rings. The van der Waals surface area contributed by atoms with E-state index in [-0.39, 0.29) is 11.3 Å². The third-order valence-electron chi connectivity index (χ3n) is 5.53. The summed E-state index contributed by atoms with van der Waals surface area (Å²) in [6, 6.07) is 2.74. The maximum Gasteiger partial charge on any atom is 0.257 e. The van der Waals surface area contributed by atoms with Crippen molar-refractivity contribution in [3.63, 3.8) is 0 Å². The summed E-state index contributed by atoms with van der Waals surface area (Å²) in [5.41, 5.74) is 0.843. The number of rotatable bonds is 5. The third-order valence-corrected chi connectivity index (χ3v) is 5.53. The van der Waals surface area contributed by atoms with E-state index in [0.717, 1.165) is 39.0 Å². The monoisotopic (exact) mass is 320 g/mol. The van der Waals surface area contributed by atoms with Crippen molar-refractivity contribution in [1.82, 2.24) is 10.2 Å². The zero-order chi connectivity index (χ0) is 16.4. The number of carbonyl (C=O) groups is 1. The van der Waals surface area contributed by atoms with Crippen molar-refractivity contribution in [3.8, 4) is 0 Å². The van der Waals surface area contributed by atoms with Crippen LogP contribution in [0.15, 0.2) is 23.0 Å². The molecule has 23 heavy (non-hydrogen) atoms. The first-order chi connectivity index (χ1) is 11.0. The van der Waals surface area contributed by atoms with Crippen LogP contribution in [0.1, 0.15) is 50.4 Å². The minimum absolute atomic E-state index is 0.0811. The van der Waals surface area contributed by atoms with Gasteiger partial charge in [-0.3, -0.25) is 4.79 Å². The fourth-order valence-electron chi connectivity index (χ4n) is 3.75. The van der Waals surface area contributed by atoms with Gasteiger partial charge in [0.2, 0.25) is 0 Å². The number of furan rings is 1. The Morgan fingerprint density at radius 2 is 2.17 bits per heavy atom. The van der Waals surface area contributed by atoms with Gasteiger partial charge < -0.3 is 19.4 Å². The van der Waals surface area contributed by atoms with Crippen molar-refractivity contribution in [1.29, 1.82) is 0 Å². The summed E-state index contributed by atoms with van der Waals surface area (Å²) in [5, 5.41) is 3.79. The smallest absolute Gasteiger partial charge is 0.257 e. The number of nitrogens with zero attached hydrogens (tertiary/aromatic N) is 1. The third kappa shape index (κ3) is 3.31. The first-order valence-electron chi connectivity index (χ1n) is 8.71. The Bertz CT molecular complexity index is 518. The van der Waals surface area contributed by atoms with Crippen molar-refractivity contribution < 1.29 is 13.9 Å². The highest BCUT2D eigenvalue weighted by molar-refractivity contribution is 5.93. The van der Waals surface area contributed by atoms with Crippen LogP contribution < -0.4 is 5.32 Å². The molecule has 1 saturated carbocycles. The highest BCUT2D eigenvalue weighted by Gasteiger charge is 2.49. The molecule has 0 bridgehead atoms. The second kappa shape index (κ2) is 6.65. The molecule has 1 saturated heterocycles. The van der Waals surface area contributed by atoms with Gasteiger partial charge in [0.05, 0.1) is 17.9 Å². The fourth-order valence-corrected chi connectivity index (χ4v) is 3.75. The number of hydrogen-bond donors (Lipinski definition) is 1. The molecular formula is C18H28N2O3. The Hall–Kier alpha value is -1.33. The molecule has 1 amide bonds. The van der Waals surface area contributed by atoms with E-state index in [0.29, 0.717) is 23.8 Å². The van der Waals surface area contributed by atoms with E-state index in [2.05, 4.69) is 26.1 Å². The quantitative estimate of drug-likeness (QED) is 0.906. The lowest BCUT2D eigenvalue weighted by molar-refractivity contribution is -0.117. The molecule has 0 spiro atoms. The van der Waals surface area contributed by atoms with Gasteiger partial charge >= 0.3 is 0 Å². The molecule has 0 unspecified atom stereocenters. The number of likely N-dealkylation sites (tertiary alicyclic amines) is 1. The minimum Gasteiger partial charge on any atom is -0.472 e. The Morgan fingerprint density at radius 1 is 1.43 bits per heavy atom. The molecule has 1 aliphatic carbocycles. The predicted molar refractivity (Wildman–Crippen MR) is 88.4 cm³/mol. The van der Waals surface area contributed by atoms with Crippen molar-refractivity contribution >= 4 is 5.91 Å². The van der Waals surface area contributed by atoms with Gasteiger partial charge in [0.25, 0.3) is 5.91 Å². The molecule has 1 aromatic heterocycles. The number of ether oxygens (including phenoxy) is 1. The van der Waals surface area contributed by atoms with Crippen molar-refractivity contribution in [3.05, 3.63) is 24.2 Å². The van der Waals surface area contributed by atoms with Crippen LogP contribution in [0, 0.1) is 5.41 Å². The van der Waals surface area contributed by atoms with Gasteiger partial charge in [-0.15, -0.1) is 0 Å². The molecule has 2 atom stereocenters. The average Bonchev–Trinajstić information content (AvgIpc) is 3.08. The number of amides is 1. The topological polar surface area (TPSA) is 54.7 Å². The summed E-state index contributed by atoms with van der Waals surface area (Å²) < 4.78 is 10.8. The van der Waals surface area contributed by atoms with Gasteiger partial charge in [-0.2, -0.15) is 0 Å². The maximum absolute atomic E-state index is 12.3. The first-order valence-corrected chi connectivity index (χ1v) is 8.71. The minimum atomic E-state index is 0.0811. The fraction of sp³-hybridized carbons (Fsp3) is 0.722. The SMILES string of the molecule is CCO[C@@H]1C[C@H](NC2CCN(C(=O)c3ccoc3)CC2)C1(C)C. The second-order valence-corrected chi connectivity index (χ2v) is 7.30. The highest BCUT2D eigenvalue weighted by Crippen LogP contribution is 2.43. The highest BCUT2D eigenvalue weighted by atomic mass is 16.5. The molecule has 0 aromatic carbocycles. The normalized spacial score (nSPS) is 27.7. The predicted octanol–water partition coefficient (Wildman–Crippen LogP) is 2.68. The molecule has 1 N–H and O–H groups in total. The van der Waals surface area contributed by atoms with Gasteiger partial charge in [-0.25, -0.2) is 0 Å². The number of nitrogens with one attached hydrogen (secondary N) is 1. The Morgan fingerprint density at radius 3 is 2.74 bits per heavy atom. The number of carbonyl (C=O) groups excluding carboxylic acids is 1. The van der Waals surface area contributed by atoms with Crippen molar-refractivity contribution in [2.45, 2.75) is 58.2 Å². The summed E-state index contributed by atoms with van der Waals surface area (Å²) >= 11 is 0. The number of hydrogen-bond acceptors (Lipinski definition) is 4. The van der Waals surface area contributed by atoms with Crippen molar-refractivity contribution in [2.24, 2.45) is 5.41 Å². The maximum atomic E-state index is 12.3. The zero-order valence-electron chi connectivity index (χ0n) is 14.4. The Balaban J connectivity index is 1.46. The lowest BCUT2D eigenvalue weighted by Crippen LogP contribution is -2.63. The Labute approximate surface area is 138 Å². The summed E-state index contributed by atoms with van der Waals surface area (Å²) in [6.07, 6.45) is 6.56. The van der Waals surface area contributed by atoms with E-state index in [1.807, 2.05) is 4.90 Å². The van der Waals surface area contributed by atoms with Crippen LogP contribution in [0.5, 0.6) is 0 Å². The largest absolute Gasteiger partial charge is 0.472 e. The van der Waals surface area contributed by atoms with Crippen LogP contribution in [0.2, 0.25) is 0 Å². The molecule has 2 heterocycles. The molecule has 3 rings (SSSR count). The summed E-state index contributed by atoms with van der Waals surface area (Å²) in [5.74, 6) is 0.0811. The van der Waals surface area contributed by atoms with Crippen LogP contribution in [0.25, 0.3) is 0 Å². The molecular weight excluding hydrogens is 292 g/mol. The summed E-state index contributed by atoms with van der Waals surface area (Å²) in [4.78, 5) is 14.2. The molecule has 2 fully saturated rings. The van der Waals surface area contributed by atoms with Crippen molar-refractivity contribution in [2.75, 3.05) is 19.7 Å². The van der Waals surface area contributed by atoms with E-state index in [4.69, 9.17) is 9.15 Å². The van der Waals surface area contributed by atoms with E-state index in [1.165, 1.54) is 6.26 Å². The molecule has 5 nitrogen and oxygen atoms in total. The summed E-state index contributed by atoms with van der Waals surface area (Å²) in [7, 11) is 0. The standard InChI is InChI=1S/C18H28N2O3/c1-4-23-16-11-15(18(16,2)3)19-14-5-8-20(9-6-14)17(21)13-7-10-22-12-13/h7,10,12,14-16,19H,4-6,8-9,11H2,1-3H3/t15-,16+/m0/s1. The Kier molecular flexibility index (Phi) is 4.78. The average molecular weight is 320 g/mol. The lowest BCUT2D eigenvalue weighted by Gasteiger charge is -2.53. The number of piperidine rings is 1. The van der Waals surface area contributed by atoms with Gasteiger partial charge in [-0.05, 0) is 32.3 Å². The molecule has 2 aliphatic rings. The molecule has 5 heteroatoms. The summed E-state index contributed by atoms with van der Waals surface area (Å²) in [6.45, 7) is 9.03. The van der Waals surface area contributed by atoms with Gasteiger partial charge in [0.15, 0.2) is 0 Å². The van der Waals surface area contributed by atoms with Gasteiger partial charge in [0.1, 0.15) is 6.26 Å². The van der Waals surface area contributed by atoms with Crippen LogP contribution in [-0.4, -0.2) is 48.7 Å². The lowest BCUT2D eigenvalue weighted by atomic mass is 9.64. The molecule has 1 aliphatic heterocycles. The van der Waals surface area contributed by atoms with E-state index in [1.54, 1.807) is 12.3 Å². The first kappa shape index (κ1) is 16.5. The second-order valence-electron chi connectivity index (χ2n) is 7.30. The van der Waals surface area contributed by atoms with E-state index in [9.17, 15) is 4.79 Å². The van der Waals surface area contributed by atoms with Gasteiger partial charge in [0, 0.05) is 37.2 Å². The van der Waals surface area contributed by atoms with Crippen LogP contribution in [0.3, 0.4) is 0 Å². The van der Waals surface area contributed by atoms with E-state index >= 15 is 0 Å². The zero-order valence-corrected chi connectivity index (χ0v) is 14.4. The molecule has 128 valence electrons. The molecule has 0 radical (unpaired) electrons. The van der Waals surface area contributed by atoms with Crippen LogP contribution in [0.4, 0.5) is 0 Å². The van der Waals surface area contributed by atoms with E-state index < -0.39 is 0 Å². The van der Waals surface area contributed by atoms with Crippen LogP contribution in [-0.2, 0) is 4.74 Å². The van der Waals surface area contributed by atoms with Gasteiger partial charge in [-0.1, -0.05) is 13.8 Å². The van der Waals surface area contributed by atoms with Crippen LogP contribution >= 0.6 is 0 Å².